The molecule has 0 aliphatic carbocycles. The fourth-order valence-corrected chi connectivity index (χ4v) is 2.90. The average Bonchev–Trinajstić information content (AvgIpc) is 3.06. The Bertz CT molecular complexity index is 796. The number of hydrogen-bond acceptors (Lipinski definition) is 1. The van der Waals surface area contributed by atoms with Crippen LogP contribution in [-0.2, 0) is 38.0 Å². The van der Waals surface area contributed by atoms with E-state index in [0.29, 0.717) is 0 Å². The molecule has 0 saturated heterocycles. The predicted molar refractivity (Wildman–Crippen MR) is 120 cm³/mol. The summed E-state index contributed by atoms with van der Waals surface area (Å²) in [4.78, 5) is 0. The Morgan fingerprint density at radius 3 is 2.04 bits per heavy atom. The van der Waals surface area contributed by atoms with Gasteiger partial charge < -0.3 is 10.4 Å². The van der Waals surface area contributed by atoms with E-state index in [1.165, 1.54) is 33.0 Å². The van der Waals surface area contributed by atoms with E-state index >= 15 is 0 Å². The van der Waals surface area contributed by atoms with Crippen molar-refractivity contribution in [3.05, 3.63) is 77.6 Å². The van der Waals surface area contributed by atoms with Crippen LogP contribution < -0.4 is 0 Å². The van der Waals surface area contributed by atoms with Gasteiger partial charge in [0.15, 0.2) is 0 Å². The summed E-state index contributed by atoms with van der Waals surface area (Å²) in [5.41, 5.74) is 5.66. The van der Waals surface area contributed by atoms with Crippen LogP contribution in [0, 0.1) is 6.61 Å². The minimum Gasteiger partial charge on any atom is -0.668 e. The molecule has 0 aliphatic heterocycles. The second-order valence-electron chi connectivity index (χ2n) is 7.56. The molecule has 149 valence electrons. The third-order valence-corrected chi connectivity index (χ3v) is 4.28. The molecule has 3 aromatic carbocycles. The molecule has 0 atom stereocenters. The molecule has 0 aromatic heterocycles. The molecule has 3 heteroatoms. The number of nitrogens with zero attached hydrogens (tertiary/aromatic N) is 1. The van der Waals surface area contributed by atoms with Gasteiger partial charge in [-0.2, -0.15) is 27.1 Å². The molecule has 0 amide bonds. The molecule has 28 heavy (non-hydrogen) atoms. The van der Waals surface area contributed by atoms with Crippen LogP contribution in [0.4, 0.5) is 0 Å². The number of rotatable bonds is 2. The van der Waals surface area contributed by atoms with Gasteiger partial charge in [-0.25, -0.2) is 6.61 Å². The minimum atomic E-state index is 0. The van der Waals surface area contributed by atoms with E-state index in [1.807, 2.05) is 0 Å². The van der Waals surface area contributed by atoms with Crippen molar-refractivity contribution in [3.8, 4) is 11.1 Å². The molecule has 2 nitrogen and oxygen atoms in total. The Labute approximate surface area is 190 Å². The third kappa shape index (κ3) is 7.70. The summed E-state index contributed by atoms with van der Waals surface area (Å²) in [5, 5.41) is 13.7. The minimum absolute atomic E-state index is 0. The molecule has 1 radical (unpaired) electrons. The van der Waals surface area contributed by atoms with Gasteiger partial charge in [-0.1, -0.05) is 63.6 Å². The Balaban J connectivity index is 0.000000930. The molecule has 0 heterocycles. The molecule has 0 bridgehead atoms. The third-order valence-electron chi connectivity index (χ3n) is 4.28. The largest absolute Gasteiger partial charge is 3.00 e. The monoisotopic (exact) mass is 454 g/mol. The van der Waals surface area contributed by atoms with Crippen molar-refractivity contribution in [3.63, 3.8) is 0 Å². The summed E-state index contributed by atoms with van der Waals surface area (Å²) < 4.78 is 0. The van der Waals surface area contributed by atoms with E-state index in [4.69, 9.17) is 5.11 Å². The Kier molecular flexibility index (Phi) is 12.6. The van der Waals surface area contributed by atoms with Crippen LogP contribution in [0.5, 0.6) is 0 Å². The van der Waals surface area contributed by atoms with Crippen LogP contribution >= 0.6 is 0 Å². The summed E-state index contributed by atoms with van der Waals surface area (Å²) in [6, 6.07) is 20.3. The van der Waals surface area contributed by atoms with E-state index in [2.05, 4.69) is 87.6 Å². The van der Waals surface area contributed by atoms with Crippen molar-refractivity contribution in [1.29, 1.82) is 0 Å². The number of aliphatic hydroxyl groups is 1. The first kappa shape index (κ1) is 26.9. The number of aryl methyl sites for hydroxylation is 1. The Morgan fingerprint density at radius 2 is 1.57 bits per heavy atom. The number of aliphatic hydroxyl groups excluding tert-OH is 1. The first-order chi connectivity index (χ1) is 12.8. The van der Waals surface area contributed by atoms with Crippen molar-refractivity contribution in [1.82, 2.24) is 0 Å². The zero-order valence-electron chi connectivity index (χ0n) is 18.4. The van der Waals surface area contributed by atoms with Crippen LogP contribution in [0.1, 0.15) is 45.7 Å². The standard InChI is InChI=1S/C21H23.C2H6N.C2H5O.Zr/c1-5-15-13-17-7-6-8-19(20(17)14-15)16-9-11-18(12-10-16)21(2,3)4;1-3-2;1-2-3;/h6-14H,5H2,1-4H3;1-2H3;2-3H,1H3;/q3*-1;+3. The summed E-state index contributed by atoms with van der Waals surface area (Å²) in [5.74, 6) is 0. The van der Waals surface area contributed by atoms with Crippen LogP contribution in [0.2, 0.25) is 0 Å². The van der Waals surface area contributed by atoms with Crippen molar-refractivity contribution in [2.24, 2.45) is 0 Å². The van der Waals surface area contributed by atoms with Gasteiger partial charge in [0.25, 0.3) is 0 Å². The molecule has 0 spiro atoms. The van der Waals surface area contributed by atoms with Crippen LogP contribution in [0.25, 0.3) is 27.2 Å². The summed E-state index contributed by atoms with van der Waals surface area (Å²) in [6.45, 7) is 11.5. The van der Waals surface area contributed by atoms with Crippen molar-refractivity contribution < 1.29 is 31.3 Å². The van der Waals surface area contributed by atoms with Gasteiger partial charge in [0, 0.05) is 0 Å². The van der Waals surface area contributed by atoms with E-state index in [-0.39, 0.29) is 31.6 Å². The summed E-state index contributed by atoms with van der Waals surface area (Å²) in [6.07, 6.45) is 1.09. The molecular weight excluding hydrogens is 422 g/mol. The molecule has 0 unspecified atom stereocenters. The van der Waals surface area contributed by atoms with Gasteiger partial charge in [-0.3, -0.25) is 0 Å². The van der Waals surface area contributed by atoms with E-state index in [0.717, 1.165) is 13.0 Å². The Hall–Kier alpha value is -1.15. The second kappa shape index (κ2) is 13.1. The average molecular weight is 456 g/mol. The van der Waals surface area contributed by atoms with E-state index < -0.39 is 0 Å². The Morgan fingerprint density at radius 1 is 1.04 bits per heavy atom. The second-order valence-corrected chi connectivity index (χ2v) is 7.56. The molecule has 0 saturated carbocycles. The molecule has 3 aromatic rings. The van der Waals surface area contributed by atoms with Gasteiger partial charge in [-0.15, -0.1) is 34.5 Å². The summed E-state index contributed by atoms with van der Waals surface area (Å²) in [7, 11) is 3.50. The first-order valence-electron chi connectivity index (χ1n) is 9.51. The van der Waals surface area contributed by atoms with Crippen molar-refractivity contribution in [2.45, 2.75) is 46.5 Å². The zero-order valence-corrected chi connectivity index (χ0v) is 20.8. The smallest absolute Gasteiger partial charge is 0.668 e. The molecule has 0 aliphatic rings. The quantitative estimate of drug-likeness (QED) is 0.406. The van der Waals surface area contributed by atoms with Crippen LogP contribution in [0.3, 0.4) is 0 Å². The maximum absolute atomic E-state index is 7.44. The van der Waals surface area contributed by atoms with E-state index in [1.54, 1.807) is 21.0 Å². The van der Waals surface area contributed by atoms with Gasteiger partial charge >= 0.3 is 26.2 Å². The fraction of sp³-hybridized carbons (Fsp3) is 0.360. The van der Waals surface area contributed by atoms with Gasteiger partial charge in [-0.05, 0) is 23.0 Å². The molecule has 0 fully saturated rings. The number of benzene rings is 2. The predicted octanol–water partition coefficient (Wildman–Crippen LogP) is 7.24. The topological polar surface area (TPSA) is 34.3 Å². The van der Waals surface area contributed by atoms with E-state index in [9.17, 15) is 0 Å². The zero-order chi connectivity index (χ0) is 20.4. The first-order valence-corrected chi connectivity index (χ1v) is 9.51. The molecule has 1 N–H and O–H groups in total. The van der Waals surface area contributed by atoms with Crippen molar-refractivity contribution in [2.75, 3.05) is 14.1 Å². The van der Waals surface area contributed by atoms with Crippen molar-refractivity contribution >= 4 is 10.8 Å². The molecule has 3 rings (SSSR count). The SMILES string of the molecule is CCc1cc2c(-c3ccc(C(C)(C)C)cc3)cccc2[cH-]1.C[CH-]O.C[N-]C.[Zr+3]. The van der Waals surface area contributed by atoms with Crippen LogP contribution in [0.15, 0.2) is 54.6 Å². The maximum Gasteiger partial charge on any atom is 3.00 e. The summed E-state index contributed by atoms with van der Waals surface area (Å²) >= 11 is 0. The number of hydrogen-bond donors (Lipinski definition) is 1. The maximum atomic E-state index is 7.44. The fourth-order valence-electron chi connectivity index (χ4n) is 2.90. The van der Waals surface area contributed by atoms with Crippen LogP contribution in [-0.4, -0.2) is 19.2 Å². The molecular formula is C25H34NOZr. The van der Waals surface area contributed by atoms with Gasteiger partial charge in [0.2, 0.25) is 0 Å². The normalized spacial score (nSPS) is 10.3. The van der Waals surface area contributed by atoms with Gasteiger partial charge in [0.1, 0.15) is 0 Å². The van der Waals surface area contributed by atoms with Gasteiger partial charge in [0.05, 0.1) is 0 Å². The number of fused-ring (bicyclic) bond motifs is 1.